The van der Waals surface area contributed by atoms with E-state index in [1.807, 2.05) is 0 Å². The molecule has 0 rings (SSSR count). The number of carbonyl (C=O) groups is 5. The number of thiol groups is 1. The highest BCUT2D eigenvalue weighted by atomic mass is 32.1. The molecule has 33 heavy (non-hydrogen) atoms. The molecule has 11 N–H and O–H groups in total. The van der Waals surface area contributed by atoms with E-state index in [9.17, 15) is 24.0 Å². The van der Waals surface area contributed by atoms with Crippen LogP contribution in [0.4, 0.5) is 0 Å². The van der Waals surface area contributed by atoms with Gasteiger partial charge in [-0.15, -0.1) is 0 Å². The molecule has 14 nitrogen and oxygen atoms in total. The smallest absolute Gasteiger partial charge is 0.327 e. The maximum atomic E-state index is 12.7. The number of primary amides is 1. The zero-order valence-electron chi connectivity index (χ0n) is 18.9. The number of guanidine groups is 1. The zero-order chi connectivity index (χ0) is 25.8. The van der Waals surface area contributed by atoms with Gasteiger partial charge in [0.05, 0.1) is 12.5 Å². The number of amides is 4. The molecule has 15 heteroatoms. The van der Waals surface area contributed by atoms with Crippen molar-refractivity contribution in [2.75, 3.05) is 19.3 Å². The van der Waals surface area contributed by atoms with Gasteiger partial charge in [-0.1, -0.05) is 0 Å². The standard InChI is InChI=1S/C18H34N8O6S/c1-18(2,26-13(28)9(19)5-4-6-23-17(21)22-3)16(32)25-10(7-12(20)27)14(29)24-11(8-33)15(30)31/h9-11,33H,4-8,19H2,1-3H3,(H2,20,27)(H,24,29)(H,25,32)(H,26,28)(H,30,31)(H3,21,22,23)/t9-,10-,11-/m0/s1. The minimum absolute atomic E-state index is 0.129. The molecule has 0 fully saturated rings. The predicted molar refractivity (Wildman–Crippen MR) is 123 cm³/mol. The highest BCUT2D eigenvalue weighted by Gasteiger charge is 2.35. The lowest BCUT2D eigenvalue weighted by molar-refractivity contribution is -0.142. The number of carboxylic acid groups (broad SMARTS) is 1. The SMILES string of the molecule is CNC(=N)NCCC[C@H](N)C(=O)NC(C)(C)C(=O)N[C@@H](CC(N)=O)C(=O)N[C@@H](CS)C(=O)O. The van der Waals surface area contributed by atoms with Crippen molar-refractivity contribution in [2.45, 2.75) is 56.8 Å². The van der Waals surface area contributed by atoms with Crippen LogP contribution in [0.2, 0.25) is 0 Å². The van der Waals surface area contributed by atoms with Gasteiger partial charge in [-0.25, -0.2) is 4.79 Å². The van der Waals surface area contributed by atoms with Gasteiger partial charge in [0.25, 0.3) is 0 Å². The molecule has 0 aliphatic carbocycles. The Kier molecular flexibility index (Phi) is 12.8. The lowest BCUT2D eigenvalue weighted by atomic mass is 10.0. The van der Waals surface area contributed by atoms with Crippen molar-refractivity contribution in [3.8, 4) is 0 Å². The van der Waals surface area contributed by atoms with Gasteiger partial charge >= 0.3 is 5.97 Å². The Morgan fingerprint density at radius 3 is 2.18 bits per heavy atom. The van der Waals surface area contributed by atoms with Gasteiger partial charge in [-0.2, -0.15) is 12.6 Å². The fourth-order valence-corrected chi connectivity index (χ4v) is 2.67. The number of nitrogens with one attached hydrogen (secondary N) is 6. The molecule has 0 aromatic rings. The summed E-state index contributed by atoms with van der Waals surface area (Å²) in [5, 5.41) is 28.8. The quantitative estimate of drug-likeness (QED) is 0.0504. The molecule has 0 heterocycles. The Morgan fingerprint density at radius 2 is 1.70 bits per heavy atom. The molecule has 0 bridgehead atoms. The van der Waals surface area contributed by atoms with E-state index < -0.39 is 59.7 Å². The molecule has 0 aliphatic rings. The third kappa shape index (κ3) is 11.4. The van der Waals surface area contributed by atoms with Gasteiger partial charge in [0, 0.05) is 19.3 Å². The van der Waals surface area contributed by atoms with Gasteiger partial charge in [-0.3, -0.25) is 24.6 Å². The maximum absolute atomic E-state index is 12.7. The highest BCUT2D eigenvalue weighted by Crippen LogP contribution is 2.07. The number of nitrogens with two attached hydrogens (primary N) is 2. The Balaban J connectivity index is 5.03. The predicted octanol–water partition coefficient (Wildman–Crippen LogP) is -3.41. The number of rotatable bonds is 14. The van der Waals surface area contributed by atoms with E-state index in [1.165, 1.54) is 13.8 Å². The van der Waals surface area contributed by atoms with Crippen LogP contribution < -0.4 is 38.1 Å². The van der Waals surface area contributed by atoms with E-state index >= 15 is 0 Å². The van der Waals surface area contributed by atoms with Crippen molar-refractivity contribution in [3.05, 3.63) is 0 Å². The van der Waals surface area contributed by atoms with Crippen LogP contribution in [0.15, 0.2) is 0 Å². The summed E-state index contributed by atoms with van der Waals surface area (Å²) in [5.41, 5.74) is 9.47. The van der Waals surface area contributed by atoms with E-state index in [4.69, 9.17) is 22.0 Å². The Labute approximate surface area is 197 Å². The first kappa shape index (κ1) is 29.9. The van der Waals surface area contributed by atoms with Crippen LogP contribution in [0.25, 0.3) is 0 Å². The van der Waals surface area contributed by atoms with Gasteiger partial charge in [-0.05, 0) is 26.7 Å². The van der Waals surface area contributed by atoms with Crippen LogP contribution >= 0.6 is 12.6 Å². The molecule has 0 aliphatic heterocycles. The average Bonchev–Trinajstić information content (AvgIpc) is 2.72. The zero-order valence-corrected chi connectivity index (χ0v) is 19.8. The average molecular weight is 491 g/mol. The molecule has 0 radical (unpaired) electrons. The molecule has 0 unspecified atom stereocenters. The lowest BCUT2D eigenvalue weighted by Gasteiger charge is -2.29. The first-order valence-corrected chi connectivity index (χ1v) is 10.7. The molecule has 0 aromatic carbocycles. The van der Waals surface area contributed by atoms with Crippen molar-refractivity contribution in [3.63, 3.8) is 0 Å². The van der Waals surface area contributed by atoms with Crippen molar-refractivity contribution >= 4 is 48.2 Å². The monoisotopic (exact) mass is 490 g/mol. The number of hydrogen-bond donors (Lipinski definition) is 10. The Morgan fingerprint density at radius 1 is 1.09 bits per heavy atom. The lowest BCUT2D eigenvalue weighted by Crippen LogP contribution is -2.62. The third-order valence-electron chi connectivity index (χ3n) is 4.41. The Hall–Kier alpha value is -3.07. The summed E-state index contributed by atoms with van der Waals surface area (Å²) in [7, 11) is 1.59. The van der Waals surface area contributed by atoms with Gasteiger partial charge in [0.15, 0.2) is 5.96 Å². The van der Waals surface area contributed by atoms with Crippen LogP contribution in [0.1, 0.15) is 33.1 Å². The van der Waals surface area contributed by atoms with Crippen LogP contribution in [-0.4, -0.2) is 83.7 Å². The van der Waals surface area contributed by atoms with E-state index in [1.54, 1.807) is 7.05 Å². The number of carbonyl (C=O) groups excluding carboxylic acids is 4. The minimum atomic E-state index is -1.52. The fourth-order valence-electron chi connectivity index (χ4n) is 2.42. The van der Waals surface area contributed by atoms with E-state index in [0.29, 0.717) is 13.0 Å². The fraction of sp³-hybridized carbons (Fsp3) is 0.667. The summed E-state index contributed by atoms with van der Waals surface area (Å²) >= 11 is 3.83. The molecule has 0 saturated heterocycles. The number of carboxylic acids is 1. The van der Waals surface area contributed by atoms with Crippen LogP contribution in [0.3, 0.4) is 0 Å². The van der Waals surface area contributed by atoms with Crippen molar-refractivity contribution < 1.29 is 29.1 Å². The molecule has 188 valence electrons. The van der Waals surface area contributed by atoms with Crippen LogP contribution in [0.5, 0.6) is 0 Å². The van der Waals surface area contributed by atoms with Crippen molar-refractivity contribution in [2.24, 2.45) is 11.5 Å². The van der Waals surface area contributed by atoms with Crippen molar-refractivity contribution in [1.29, 1.82) is 5.41 Å². The number of hydrogen-bond acceptors (Lipinski definition) is 8. The second-order valence-corrected chi connectivity index (χ2v) is 8.06. The summed E-state index contributed by atoms with van der Waals surface area (Å²) in [5.74, 6) is -4.71. The molecular weight excluding hydrogens is 456 g/mol. The minimum Gasteiger partial charge on any atom is -0.480 e. The summed E-state index contributed by atoms with van der Waals surface area (Å²) < 4.78 is 0. The number of aliphatic carboxylic acids is 1. The van der Waals surface area contributed by atoms with E-state index in [2.05, 4.69) is 39.2 Å². The highest BCUT2D eigenvalue weighted by molar-refractivity contribution is 7.80. The Bertz CT molecular complexity index is 747. The first-order chi connectivity index (χ1) is 15.2. The third-order valence-corrected chi connectivity index (χ3v) is 4.77. The van der Waals surface area contributed by atoms with Gasteiger partial charge in [0.1, 0.15) is 17.6 Å². The normalized spacial score (nSPS) is 13.6. The van der Waals surface area contributed by atoms with E-state index in [0.717, 1.165) is 0 Å². The second kappa shape index (κ2) is 14.2. The summed E-state index contributed by atoms with van der Waals surface area (Å²) in [6.07, 6.45) is 0.178. The van der Waals surface area contributed by atoms with Gasteiger partial charge < -0.3 is 43.2 Å². The molecule has 0 spiro atoms. The molecule has 0 aromatic heterocycles. The maximum Gasteiger partial charge on any atom is 0.327 e. The van der Waals surface area contributed by atoms with Crippen LogP contribution in [-0.2, 0) is 24.0 Å². The largest absolute Gasteiger partial charge is 0.480 e. The van der Waals surface area contributed by atoms with E-state index in [-0.39, 0.29) is 18.1 Å². The van der Waals surface area contributed by atoms with Crippen molar-refractivity contribution in [1.82, 2.24) is 26.6 Å². The second-order valence-electron chi connectivity index (χ2n) is 7.69. The molecule has 0 saturated carbocycles. The summed E-state index contributed by atoms with van der Waals surface area (Å²) in [4.78, 5) is 59.9. The molecule has 3 atom stereocenters. The summed E-state index contributed by atoms with van der Waals surface area (Å²) in [6.45, 7) is 3.16. The first-order valence-electron chi connectivity index (χ1n) is 10.1. The molecular formula is C18H34N8O6S. The van der Waals surface area contributed by atoms with Crippen LogP contribution in [0, 0.1) is 5.41 Å². The topological polar surface area (TPSA) is 242 Å². The van der Waals surface area contributed by atoms with Gasteiger partial charge in [0.2, 0.25) is 23.6 Å². The molecule has 4 amide bonds. The summed E-state index contributed by atoms with van der Waals surface area (Å²) in [6, 6.07) is -3.74.